The standard InChI is InChI=1S/C38H44ClN3O6S/c1-46-34-9-3-2-4-20-49(45,40-36(43)17-13-30-8-6-19-47-30)41-37(44)27-11-16-35-33(22-27)42(23-28-10-14-31(28)34)24-38(25-48-35)18-5-7-26-21-29(39)12-15-32(26)38/h3,6,8-9,11-12,15-16,19,21-22,28,31,34H,2,4-5,7,10,13-14,17-18,20,23-25H2,1H3,(H,40,41,43,44,45)/b9-3-/t28-,31+,34-,38-,49?/m0/s1. The fourth-order valence-corrected chi connectivity index (χ4v) is 9.86. The van der Waals surface area contributed by atoms with Crippen molar-refractivity contribution in [3.63, 3.8) is 0 Å². The molecule has 1 spiro atoms. The molecule has 2 aliphatic carbocycles. The molecule has 3 heterocycles. The molecule has 2 aromatic carbocycles. The number of hydrogen-bond donors (Lipinski definition) is 1. The molecular weight excluding hydrogens is 662 g/mol. The molecule has 0 radical (unpaired) electrons. The summed E-state index contributed by atoms with van der Waals surface area (Å²) in [6.45, 7) is 2.03. The molecule has 1 unspecified atom stereocenters. The predicted molar refractivity (Wildman–Crippen MR) is 191 cm³/mol. The van der Waals surface area contributed by atoms with Gasteiger partial charge in [0.25, 0.3) is 5.91 Å². The fourth-order valence-electron chi connectivity index (χ4n) is 8.03. The highest BCUT2D eigenvalue weighted by Gasteiger charge is 2.44. The van der Waals surface area contributed by atoms with Crippen molar-refractivity contribution in [1.29, 1.82) is 0 Å². The summed E-state index contributed by atoms with van der Waals surface area (Å²) in [5, 5.41) is 0.742. The normalized spacial score (nSPS) is 29.0. The van der Waals surface area contributed by atoms with Gasteiger partial charge in [-0.25, -0.2) is 4.21 Å². The molecule has 2 amide bonds. The monoisotopic (exact) mass is 705 g/mol. The van der Waals surface area contributed by atoms with Gasteiger partial charge in [0.1, 0.15) is 21.4 Å². The van der Waals surface area contributed by atoms with E-state index in [4.69, 9.17) is 25.5 Å². The number of rotatable bonds is 5. The van der Waals surface area contributed by atoms with Crippen LogP contribution in [0.4, 0.5) is 5.69 Å². The second-order valence-electron chi connectivity index (χ2n) is 13.9. The van der Waals surface area contributed by atoms with Crippen LogP contribution in [0.3, 0.4) is 0 Å². The van der Waals surface area contributed by atoms with Gasteiger partial charge >= 0.3 is 0 Å². The average Bonchev–Trinajstić information content (AvgIpc) is 3.55. The smallest absolute Gasteiger partial charge is 0.286 e. The Morgan fingerprint density at radius 1 is 1.18 bits per heavy atom. The van der Waals surface area contributed by atoms with E-state index in [2.05, 4.69) is 38.3 Å². The van der Waals surface area contributed by atoms with Crippen molar-refractivity contribution in [2.24, 2.45) is 16.2 Å². The van der Waals surface area contributed by atoms with Crippen LogP contribution < -0.4 is 14.4 Å². The summed E-state index contributed by atoms with van der Waals surface area (Å²) < 4.78 is 39.0. The number of ether oxygens (including phenoxy) is 2. The summed E-state index contributed by atoms with van der Waals surface area (Å²) in [6, 6.07) is 15.1. The van der Waals surface area contributed by atoms with Gasteiger partial charge in [0.15, 0.2) is 0 Å². The molecule has 260 valence electrons. The van der Waals surface area contributed by atoms with Crippen LogP contribution in [-0.4, -0.2) is 54.7 Å². The first-order valence-corrected chi connectivity index (χ1v) is 19.4. The van der Waals surface area contributed by atoms with Gasteiger partial charge in [-0.1, -0.05) is 29.8 Å². The molecule has 1 aromatic heterocycles. The zero-order valence-electron chi connectivity index (χ0n) is 27.9. The third-order valence-electron chi connectivity index (χ3n) is 10.7. The maximum absolute atomic E-state index is 14.2. The number of amides is 2. The van der Waals surface area contributed by atoms with Gasteiger partial charge in [-0.05, 0) is 110 Å². The Labute approximate surface area is 293 Å². The SMILES string of the molecule is CO[C@H]1/C=C\CCCS(=O)(NC(=O)CCc2ccco2)=NC(=O)c2ccc3c(c2)N(C[C@@H]2CC[C@H]21)C[C@@]1(CCCc2cc(Cl)ccc21)CO3. The highest BCUT2D eigenvalue weighted by molar-refractivity contribution is 7.92. The number of fused-ring (bicyclic) bond motifs is 4. The number of carbonyl (C=O) groups excluding carboxylic acids is 2. The average molecular weight is 706 g/mol. The van der Waals surface area contributed by atoms with Gasteiger partial charge in [0, 0.05) is 49.0 Å². The van der Waals surface area contributed by atoms with Crippen molar-refractivity contribution >= 4 is 39.0 Å². The number of methoxy groups -OCH3 is 1. The van der Waals surface area contributed by atoms with Gasteiger partial charge in [-0.15, -0.1) is 4.36 Å². The van der Waals surface area contributed by atoms with Crippen LogP contribution in [0.15, 0.2) is 75.7 Å². The van der Waals surface area contributed by atoms with E-state index in [1.165, 1.54) is 11.1 Å². The molecule has 7 rings (SSSR count). The Morgan fingerprint density at radius 2 is 2.08 bits per heavy atom. The van der Waals surface area contributed by atoms with Crippen molar-refractivity contribution in [1.82, 2.24) is 4.72 Å². The predicted octanol–water partition coefficient (Wildman–Crippen LogP) is 7.07. The number of furan rings is 1. The molecule has 11 heteroatoms. The number of anilines is 1. The Kier molecular flexibility index (Phi) is 9.91. The van der Waals surface area contributed by atoms with Crippen molar-refractivity contribution in [2.75, 3.05) is 37.5 Å². The quantitative estimate of drug-likeness (QED) is 0.283. The Balaban J connectivity index is 1.25. The summed E-state index contributed by atoms with van der Waals surface area (Å²) in [6.07, 6.45) is 12.4. The molecule has 1 saturated carbocycles. The van der Waals surface area contributed by atoms with Crippen LogP contribution >= 0.6 is 11.6 Å². The first-order chi connectivity index (χ1) is 23.7. The van der Waals surface area contributed by atoms with E-state index in [1.807, 2.05) is 18.2 Å². The molecular formula is C38H44ClN3O6S. The topological polar surface area (TPSA) is 110 Å². The van der Waals surface area contributed by atoms with Gasteiger partial charge in [0.2, 0.25) is 5.91 Å². The van der Waals surface area contributed by atoms with E-state index >= 15 is 0 Å². The largest absolute Gasteiger partial charge is 0.490 e. The van der Waals surface area contributed by atoms with Crippen molar-refractivity contribution < 1.29 is 27.7 Å². The van der Waals surface area contributed by atoms with Crippen molar-refractivity contribution in [3.8, 4) is 5.75 Å². The molecule has 1 N–H and O–H groups in total. The number of halogens is 1. The molecule has 49 heavy (non-hydrogen) atoms. The summed E-state index contributed by atoms with van der Waals surface area (Å²) in [5.74, 6) is 1.10. The minimum atomic E-state index is -3.41. The second-order valence-corrected chi connectivity index (χ2v) is 16.4. The Morgan fingerprint density at radius 3 is 2.88 bits per heavy atom. The number of benzene rings is 2. The minimum absolute atomic E-state index is 0.0379. The summed E-state index contributed by atoms with van der Waals surface area (Å²) in [7, 11) is -1.65. The second kappa shape index (κ2) is 14.3. The third kappa shape index (κ3) is 7.32. The maximum atomic E-state index is 14.2. The van der Waals surface area contributed by atoms with Gasteiger partial charge in [0.05, 0.1) is 30.4 Å². The Hall–Kier alpha value is -3.60. The number of nitrogens with one attached hydrogen (secondary N) is 1. The zero-order valence-corrected chi connectivity index (χ0v) is 29.5. The van der Waals surface area contributed by atoms with Crippen LogP contribution in [0.1, 0.15) is 72.2 Å². The lowest BCUT2D eigenvalue weighted by Crippen LogP contribution is -2.49. The van der Waals surface area contributed by atoms with Crippen LogP contribution in [-0.2, 0) is 37.7 Å². The first kappa shape index (κ1) is 33.9. The lowest BCUT2D eigenvalue weighted by molar-refractivity contribution is -0.119. The van der Waals surface area contributed by atoms with E-state index in [1.54, 1.807) is 31.6 Å². The lowest BCUT2D eigenvalue weighted by atomic mass is 9.68. The minimum Gasteiger partial charge on any atom is -0.490 e. The molecule has 0 saturated heterocycles. The summed E-state index contributed by atoms with van der Waals surface area (Å²) in [5.41, 5.74) is 3.43. The molecule has 2 aliphatic heterocycles. The van der Waals surface area contributed by atoms with E-state index in [9.17, 15) is 13.8 Å². The number of nitrogens with zero attached hydrogens (tertiary/aromatic N) is 2. The van der Waals surface area contributed by atoms with E-state index < -0.39 is 21.7 Å². The van der Waals surface area contributed by atoms with Crippen LogP contribution in [0.25, 0.3) is 0 Å². The van der Waals surface area contributed by atoms with E-state index in [0.717, 1.165) is 55.9 Å². The molecule has 9 nitrogen and oxygen atoms in total. The maximum Gasteiger partial charge on any atom is 0.286 e. The third-order valence-corrected chi connectivity index (χ3v) is 12.8. The number of hydrogen-bond acceptors (Lipinski definition) is 7. The molecule has 3 aromatic rings. The van der Waals surface area contributed by atoms with Gasteiger partial charge < -0.3 is 18.8 Å². The highest BCUT2D eigenvalue weighted by Crippen LogP contribution is 2.47. The van der Waals surface area contributed by atoms with Gasteiger partial charge in [-0.2, -0.15) is 0 Å². The lowest BCUT2D eigenvalue weighted by Gasteiger charge is -2.46. The van der Waals surface area contributed by atoms with Crippen LogP contribution in [0.5, 0.6) is 5.75 Å². The molecule has 2 bridgehead atoms. The Bertz CT molecular complexity index is 1850. The van der Waals surface area contributed by atoms with Gasteiger partial charge in [-0.3, -0.25) is 14.3 Å². The molecule has 1 fully saturated rings. The fraction of sp³-hybridized carbons (Fsp3) is 0.474. The zero-order chi connectivity index (χ0) is 34.0. The van der Waals surface area contributed by atoms with E-state index in [-0.39, 0.29) is 23.7 Å². The summed E-state index contributed by atoms with van der Waals surface area (Å²) in [4.78, 5) is 29.2. The molecule has 4 aliphatic rings. The number of aryl methyl sites for hydroxylation is 2. The summed E-state index contributed by atoms with van der Waals surface area (Å²) >= 11 is 6.44. The first-order valence-electron chi connectivity index (χ1n) is 17.4. The molecule has 5 atom stereocenters. The van der Waals surface area contributed by atoms with Crippen LogP contribution in [0.2, 0.25) is 5.02 Å². The van der Waals surface area contributed by atoms with Crippen molar-refractivity contribution in [2.45, 2.75) is 69.3 Å². The number of allylic oxidation sites excluding steroid dienone is 1. The van der Waals surface area contributed by atoms with E-state index in [0.29, 0.717) is 54.8 Å². The van der Waals surface area contributed by atoms with Crippen molar-refractivity contribution in [3.05, 3.63) is 94.4 Å². The highest BCUT2D eigenvalue weighted by atomic mass is 35.5. The number of carbonyl (C=O) groups is 2. The van der Waals surface area contributed by atoms with Crippen LogP contribution in [0, 0.1) is 11.8 Å².